The molecule has 0 spiro atoms. The number of aryl methyl sites for hydroxylation is 1. The third-order valence-corrected chi connectivity index (χ3v) is 8.69. The summed E-state index contributed by atoms with van der Waals surface area (Å²) in [5, 5.41) is 3.12. The zero-order valence-electron chi connectivity index (χ0n) is 22.4. The van der Waals surface area contributed by atoms with Gasteiger partial charge in [0.15, 0.2) is 0 Å². The van der Waals surface area contributed by atoms with E-state index in [0.717, 1.165) is 51.9 Å². The summed E-state index contributed by atoms with van der Waals surface area (Å²) in [6.45, 7) is 0.375. The summed E-state index contributed by atoms with van der Waals surface area (Å²) in [4.78, 5) is 29.9. The van der Waals surface area contributed by atoms with E-state index in [4.69, 9.17) is 9.47 Å². The Hall–Kier alpha value is -3.32. The SMILES string of the molecule is COc1ccc(CCC(=O)N(C(C(=O)NCc2ccc(OC)cc2)c2ccc(Br)cc2)[C@@H]2CC3CC2C3)cc1. The van der Waals surface area contributed by atoms with Gasteiger partial charge in [0.05, 0.1) is 14.2 Å². The van der Waals surface area contributed by atoms with Crippen LogP contribution in [0.3, 0.4) is 0 Å². The molecule has 3 aromatic carbocycles. The van der Waals surface area contributed by atoms with Gasteiger partial charge in [-0.05, 0) is 90.6 Å². The largest absolute Gasteiger partial charge is 0.497 e. The average Bonchev–Trinajstić information content (AvgIpc) is 3.56. The fourth-order valence-corrected chi connectivity index (χ4v) is 6.24. The van der Waals surface area contributed by atoms with Crippen LogP contribution in [0.15, 0.2) is 77.3 Å². The molecule has 3 aliphatic rings. The predicted octanol–water partition coefficient (Wildman–Crippen LogP) is 6.08. The quantitative estimate of drug-likeness (QED) is 0.294. The van der Waals surface area contributed by atoms with E-state index in [2.05, 4.69) is 21.2 Å². The van der Waals surface area contributed by atoms with Crippen molar-refractivity contribution in [3.05, 3.63) is 94.0 Å². The molecule has 2 atom stereocenters. The van der Waals surface area contributed by atoms with Crippen LogP contribution in [0.5, 0.6) is 11.5 Å². The van der Waals surface area contributed by atoms with Crippen LogP contribution in [-0.4, -0.2) is 37.0 Å². The van der Waals surface area contributed by atoms with E-state index >= 15 is 0 Å². The van der Waals surface area contributed by atoms with Gasteiger partial charge in [0, 0.05) is 23.5 Å². The second-order valence-corrected chi connectivity index (χ2v) is 11.5. The predicted molar refractivity (Wildman–Crippen MR) is 155 cm³/mol. The van der Waals surface area contributed by atoms with Gasteiger partial charge in [0.25, 0.3) is 0 Å². The van der Waals surface area contributed by atoms with Gasteiger partial charge in [0.2, 0.25) is 11.8 Å². The normalized spacial score (nSPS) is 20.0. The first-order chi connectivity index (χ1) is 18.9. The third kappa shape index (κ3) is 6.30. The molecule has 1 N–H and O–H groups in total. The molecule has 3 saturated carbocycles. The smallest absolute Gasteiger partial charge is 0.247 e. The Morgan fingerprint density at radius 2 is 1.46 bits per heavy atom. The fourth-order valence-electron chi connectivity index (χ4n) is 5.97. The number of rotatable bonds is 11. The lowest BCUT2D eigenvalue weighted by Crippen LogP contribution is -2.49. The molecule has 6 rings (SSSR count). The second-order valence-electron chi connectivity index (χ2n) is 10.6. The van der Waals surface area contributed by atoms with Gasteiger partial charge in [0.1, 0.15) is 17.5 Å². The summed E-state index contributed by atoms with van der Waals surface area (Å²) in [5.74, 6) is 2.55. The van der Waals surface area contributed by atoms with E-state index in [-0.39, 0.29) is 17.9 Å². The molecule has 6 nitrogen and oxygen atoms in total. The van der Waals surface area contributed by atoms with Crippen molar-refractivity contribution in [2.75, 3.05) is 14.2 Å². The first kappa shape index (κ1) is 27.3. The number of carbonyl (C=O) groups is 2. The maximum Gasteiger partial charge on any atom is 0.247 e. The topological polar surface area (TPSA) is 67.9 Å². The summed E-state index contributed by atoms with van der Waals surface area (Å²) in [6, 6.07) is 22.6. The van der Waals surface area contributed by atoms with Crippen molar-refractivity contribution in [2.45, 2.75) is 50.7 Å². The Labute approximate surface area is 238 Å². The van der Waals surface area contributed by atoms with Gasteiger partial charge in [-0.3, -0.25) is 9.59 Å². The van der Waals surface area contributed by atoms with Crippen LogP contribution in [-0.2, 0) is 22.6 Å². The number of nitrogens with one attached hydrogen (secondary N) is 1. The van der Waals surface area contributed by atoms with Crippen LogP contribution in [0.1, 0.15) is 48.4 Å². The van der Waals surface area contributed by atoms with E-state index < -0.39 is 6.04 Å². The first-order valence-electron chi connectivity index (χ1n) is 13.6. The molecule has 3 aromatic rings. The molecular formula is C32H35BrN2O4. The molecule has 3 aliphatic carbocycles. The van der Waals surface area contributed by atoms with E-state index in [1.54, 1.807) is 14.2 Å². The molecule has 3 fully saturated rings. The highest BCUT2D eigenvalue weighted by atomic mass is 79.9. The van der Waals surface area contributed by atoms with E-state index in [9.17, 15) is 9.59 Å². The highest BCUT2D eigenvalue weighted by Gasteiger charge is 2.50. The van der Waals surface area contributed by atoms with Gasteiger partial charge in [-0.25, -0.2) is 0 Å². The molecule has 0 heterocycles. The van der Waals surface area contributed by atoms with Crippen molar-refractivity contribution in [1.82, 2.24) is 10.2 Å². The third-order valence-electron chi connectivity index (χ3n) is 8.16. The summed E-state index contributed by atoms with van der Waals surface area (Å²) >= 11 is 3.51. The lowest BCUT2D eigenvalue weighted by atomic mass is 9.83. The minimum atomic E-state index is -0.691. The highest BCUT2D eigenvalue weighted by Crippen LogP contribution is 2.52. The van der Waals surface area contributed by atoms with Crippen molar-refractivity contribution in [2.24, 2.45) is 11.8 Å². The number of hydrogen-bond donors (Lipinski definition) is 1. The number of amides is 2. The molecule has 1 unspecified atom stereocenters. The van der Waals surface area contributed by atoms with Gasteiger partial charge >= 0.3 is 0 Å². The van der Waals surface area contributed by atoms with Crippen LogP contribution >= 0.6 is 15.9 Å². The Bertz CT molecular complexity index is 1270. The first-order valence-corrected chi connectivity index (χ1v) is 14.3. The number of carbonyl (C=O) groups excluding carboxylic acids is 2. The summed E-state index contributed by atoms with van der Waals surface area (Å²) in [5.41, 5.74) is 2.87. The molecule has 0 radical (unpaired) electrons. The average molecular weight is 592 g/mol. The van der Waals surface area contributed by atoms with Crippen molar-refractivity contribution in [1.29, 1.82) is 0 Å². The molecule has 2 bridgehead atoms. The van der Waals surface area contributed by atoms with Crippen LogP contribution in [0, 0.1) is 11.8 Å². The minimum absolute atomic E-state index is 0.0240. The van der Waals surface area contributed by atoms with Crippen LogP contribution in [0.25, 0.3) is 0 Å². The lowest BCUT2D eigenvalue weighted by molar-refractivity contribution is -0.144. The Kier molecular flexibility index (Phi) is 8.56. The number of ether oxygens (including phenoxy) is 2. The van der Waals surface area contributed by atoms with Crippen molar-refractivity contribution in [3.8, 4) is 11.5 Å². The van der Waals surface area contributed by atoms with Crippen molar-refractivity contribution in [3.63, 3.8) is 0 Å². The molecule has 0 saturated heterocycles. The molecule has 39 heavy (non-hydrogen) atoms. The molecule has 204 valence electrons. The molecule has 2 amide bonds. The molecule has 0 aromatic heterocycles. The van der Waals surface area contributed by atoms with E-state index in [1.807, 2.05) is 77.7 Å². The summed E-state index contributed by atoms with van der Waals surface area (Å²) in [7, 11) is 3.28. The van der Waals surface area contributed by atoms with Gasteiger partial charge in [-0.2, -0.15) is 0 Å². The number of nitrogens with zero attached hydrogens (tertiary/aromatic N) is 1. The van der Waals surface area contributed by atoms with Gasteiger partial charge in [-0.15, -0.1) is 0 Å². The number of halogens is 1. The van der Waals surface area contributed by atoms with Crippen molar-refractivity contribution < 1.29 is 19.1 Å². The maximum atomic E-state index is 14.0. The molecule has 7 heteroatoms. The molecule has 0 aliphatic heterocycles. The van der Waals surface area contributed by atoms with Crippen LogP contribution in [0.2, 0.25) is 0 Å². The number of methoxy groups -OCH3 is 2. The summed E-state index contributed by atoms with van der Waals surface area (Å²) in [6.07, 6.45) is 4.22. The Morgan fingerprint density at radius 3 is 2.00 bits per heavy atom. The summed E-state index contributed by atoms with van der Waals surface area (Å²) < 4.78 is 11.5. The fraction of sp³-hybridized carbons (Fsp3) is 0.375. The standard InChI is InChI=1S/C32H35BrN2O4/c1-38-27-12-3-21(4-13-27)7-16-30(36)35(29-19-23-17-25(29)18-23)31(24-8-10-26(33)11-9-24)32(37)34-20-22-5-14-28(39-2)15-6-22/h3-6,8-15,23,25,29,31H,7,16-20H2,1-2H3,(H,34,37)/t23?,25?,29-,31?/m1/s1. The monoisotopic (exact) mass is 590 g/mol. The number of hydrogen-bond acceptors (Lipinski definition) is 4. The Morgan fingerprint density at radius 1 is 0.872 bits per heavy atom. The van der Waals surface area contributed by atoms with Crippen LogP contribution in [0.4, 0.5) is 0 Å². The second kappa shape index (κ2) is 12.2. The van der Waals surface area contributed by atoms with Gasteiger partial charge < -0.3 is 19.7 Å². The number of fused-ring (bicyclic) bond motifs is 1. The van der Waals surface area contributed by atoms with E-state index in [0.29, 0.717) is 31.2 Å². The zero-order chi connectivity index (χ0) is 27.4. The lowest BCUT2D eigenvalue weighted by Gasteiger charge is -2.38. The van der Waals surface area contributed by atoms with E-state index in [1.165, 1.54) is 0 Å². The molecular weight excluding hydrogens is 556 g/mol. The highest BCUT2D eigenvalue weighted by molar-refractivity contribution is 9.10. The Balaban J connectivity index is 1.39. The van der Waals surface area contributed by atoms with Crippen LogP contribution < -0.4 is 14.8 Å². The zero-order valence-corrected chi connectivity index (χ0v) is 24.0. The van der Waals surface area contributed by atoms with Crippen molar-refractivity contribution >= 4 is 27.7 Å². The van der Waals surface area contributed by atoms with Gasteiger partial charge in [-0.1, -0.05) is 52.3 Å². The maximum absolute atomic E-state index is 14.0. The minimum Gasteiger partial charge on any atom is -0.497 e. The number of benzene rings is 3.